The smallest absolute Gasteiger partial charge is 0.235 e. The molecule has 0 aromatic carbocycles. The fourth-order valence-corrected chi connectivity index (χ4v) is 5.01. The van der Waals surface area contributed by atoms with Gasteiger partial charge in [0.1, 0.15) is 0 Å². The first-order chi connectivity index (χ1) is 11.0. The van der Waals surface area contributed by atoms with Crippen molar-refractivity contribution in [2.24, 2.45) is 0 Å². The van der Waals surface area contributed by atoms with Crippen molar-refractivity contribution in [3.8, 4) is 0 Å². The van der Waals surface area contributed by atoms with E-state index in [1.165, 1.54) is 36.2 Å². The van der Waals surface area contributed by atoms with Crippen LogP contribution in [0.3, 0.4) is 0 Å². The van der Waals surface area contributed by atoms with Gasteiger partial charge in [-0.05, 0) is 25.7 Å². The molecule has 0 saturated heterocycles. The molecule has 0 aromatic rings. The van der Waals surface area contributed by atoms with Crippen LogP contribution in [0.15, 0.2) is 0 Å². The van der Waals surface area contributed by atoms with Crippen LogP contribution in [-0.4, -0.2) is 43.5 Å². The number of rotatable bonds is 5. The lowest BCUT2D eigenvalue weighted by Gasteiger charge is -2.32. The van der Waals surface area contributed by atoms with Crippen molar-refractivity contribution < 1.29 is 13.2 Å². The predicted molar refractivity (Wildman–Crippen MR) is 92.7 cm³/mol. The van der Waals surface area contributed by atoms with Gasteiger partial charge < -0.3 is 5.32 Å². The summed E-state index contributed by atoms with van der Waals surface area (Å²) >= 11 is 0. The Bertz CT molecular complexity index is 464. The number of sulfonamides is 1. The van der Waals surface area contributed by atoms with Gasteiger partial charge in [0.25, 0.3) is 0 Å². The van der Waals surface area contributed by atoms with Gasteiger partial charge in [-0.3, -0.25) is 4.79 Å². The van der Waals surface area contributed by atoms with Gasteiger partial charge in [0, 0.05) is 12.1 Å². The predicted octanol–water partition coefficient (Wildman–Crippen LogP) is 2.81. The Balaban J connectivity index is 1.91. The van der Waals surface area contributed by atoms with Crippen LogP contribution in [0.25, 0.3) is 0 Å². The van der Waals surface area contributed by atoms with Crippen LogP contribution in [0.5, 0.6) is 0 Å². The molecule has 1 N–H and O–H groups in total. The Hall–Kier alpha value is -0.620. The summed E-state index contributed by atoms with van der Waals surface area (Å²) in [5.41, 5.74) is 0. The first-order valence-corrected chi connectivity index (χ1v) is 11.1. The van der Waals surface area contributed by atoms with Gasteiger partial charge in [-0.15, -0.1) is 0 Å². The summed E-state index contributed by atoms with van der Waals surface area (Å²) < 4.78 is 25.6. The summed E-state index contributed by atoms with van der Waals surface area (Å²) in [6, 6.07) is 0.220. The quantitative estimate of drug-likeness (QED) is 0.834. The van der Waals surface area contributed by atoms with Crippen molar-refractivity contribution in [1.82, 2.24) is 9.62 Å². The largest absolute Gasteiger partial charge is 0.352 e. The van der Waals surface area contributed by atoms with E-state index in [2.05, 4.69) is 5.32 Å². The molecule has 134 valence electrons. The fraction of sp³-hybridized carbons (Fsp3) is 0.941. The van der Waals surface area contributed by atoms with E-state index in [1.807, 2.05) is 0 Å². The second-order valence-corrected chi connectivity index (χ2v) is 9.14. The summed E-state index contributed by atoms with van der Waals surface area (Å²) in [7, 11) is -3.34. The summed E-state index contributed by atoms with van der Waals surface area (Å²) in [5, 5.41) is 3.08. The van der Waals surface area contributed by atoms with E-state index < -0.39 is 10.0 Å². The molecule has 23 heavy (non-hydrogen) atoms. The molecule has 2 aliphatic rings. The lowest BCUT2D eigenvalue weighted by Crippen LogP contribution is -2.48. The third-order valence-electron chi connectivity index (χ3n) is 5.18. The molecule has 6 heteroatoms. The van der Waals surface area contributed by atoms with E-state index >= 15 is 0 Å². The Morgan fingerprint density at radius 3 is 1.96 bits per heavy atom. The number of hydrogen-bond acceptors (Lipinski definition) is 3. The standard InChI is InChI=1S/C17H32N2O3S/c1-23(21,22)19(16-12-8-5-9-13-16)14-17(20)18-15-10-6-3-2-4-7-11-15/h15-16H,2-14H2,1H3,(H,18,20). The van der Waals surface area contributed by atoms with Gasteiger partial charge >= 0.3 is 0 Å². The molecule has 2 fully saturated rings. The summed E-state index contributed by atoms with van der Waals surface area (Å²) in [5.74, 6) is -0.133. The molecule has 0 aromatic heterocycles. The average molecular weight is 345 g/mol. The van der Waals surface area contributed by atoms with Crippen LogP contribution in [-0.2, 0) is 14.8 Å². The summed E-state index contributed by atoms with van der Waals surface area (Å²) in [6.45, 7) is -0.0139. The Labute approximate surface area is 141 Å². The third kappa shape index (κ3) is 6.42. The first-order valence-electron chi connectivity index (χ1n) is 9.23. The van der Waals surface area contributed by atoms with Gasteiger partial charge in [-0.1, -0.05) is 51.4 Å². The van der Waals surface area contributed by atoms with E-state index in [9.17, 15) is 13.2 Å². The molecular weight excluding hydrogens is 312 g/mol. The molecule has 2 saturated carbocycles. The number of carbonyl (C=O) groups excluding carboxylic acids is 1. The van der Waals surface area contributed by atoms with Gasteiger partial charge in [0.15, 0.2) is 0 Å². The molecule has 0 radical (unpaired) electrons. The second-order valence-electron chi connectivity index (χ2n) is 7.21. The molecule has 2 rings (SSSR count). The molecule has 0 unspecified atom stereocenters. The molecular formula is C17H32N2O3S. The normalized spacial score (nSPS) is 22.5. The third-order valence-corrected chi connectivity index (χ3v) is 6.46. The highest BCUT2D eigenvalue weighted by molar-refractivity contribution is 7.88. The van der Waals surface area contributed by atoms with Crippen molar-refractivity contribution in [2.45, 2.75) is 89.1 Å². The maximum atomic E-state index is 12.4. The van der Waals surface area contributed by atoms with E-state index in [0.29, 0.717) is 0 Å². The monoisotopic (exact) mass is 344 g/mol. The van der Waals surface area contributed by atoms with Crippen molar-refractivity contribution in [2.75, 3.05) is 12.8 Å². The fourth-order valence-electron chi connectivity index (χ4n) is 3.90. The van der Waals surface area contributed by atoms with Crippen LogP contribution in [0.1, 0.15) is 77.0 Å². The van der Waals surface area contributed by atoms with Gasteiger partial charge in [-0.25, -0.2) is 8.42 Å². The van der Waals surface area contributed by atoms with Crippen LogP contribution in [0, 0.1) is 0 Å². The van der Waals surface area contributed by atoms with E-state index in [1.54, 1.807) is 0 Å². The minimum Gasteiger partial charge on any atom is -0.352 e. The van der Waals surface area contributed by atoms with E-state index in [-0.39, 0.29) is 24.5 Å². The average Bonchev–Trinajstić information content (AvgIpc) is 2.47. The zero-order valence-corrected chi connectivity index (χ0v) is 15.2. The summed E-state index contributed by atoms with van der Waals surface area (Å²) in [4.78, 5) is 12.4. The molecule has 2 aliphatic carbocycles. The highest BCUT2D eigenvalue weighted by Crippen LogP contribution is 2.24. The Morgan fingerprint density at radius 2 is 1.39 bits per heavy atom. The van der Waals surface area contributed by atoms with Gasteiger partial charge in [0.05, 0.1) is 12.8 Å². The molecule has 0 bridgehead atoms. The zero-order chi connectivity index (χ0) is 16.7. The second kappa shape index (κ2) is 9.02. The Morgan fingerprint density at radius 1 is 0.913 bits per heavy atom. The van der Waals surface area contributed by atoms with Crippen molar-refractivity contribution >= 4 is 15.9 Å². The van der Waals surface area contributed by atoms with Crippen LogP contribution in [0.4, 0.5) is 0 Å². The molecule has 0 spiro atoms. The number of hydrogen-bond donors (Lipinski definition) is 1. The Kier molecular flexibility index (Phi) is 7.34. The minimum atomic E-state index is -3.34. The van der Waals surface area contributed by atoms with Crippen molar-refractivity contribution in [3.05, 3.63) is 0 Å². The van der Waals surface area contributed by atoms with E-state index in [4.69, 9.17) is 0 Å². The molecule has 5 nitrogen and oxygen atoms in total. The SMILES string of the molecule is CS(=O)(=O)N(CC(=O)NC1CCCCCCC1)C1CCCCC1. The molecule has 0 aliphatic heterocycles. The highest BCUT2D eigenvalue weighted by atomic mass is 32.2. The molecule has 1 amide bonds. The minimum absolute atomic E-state index is 0.00170. The van der Waals surface area contributed by atoms with Gasteiger partial charge in [0.2, 0.25) is 15.9 Å². The maximum absolute atomic E-state index is 12.4. The first kappa shape index (κ1) is 18.7. The van der Waals surface area contributed by atoms with Crippen LogP contribution < -0.4 is 5.32 Å². The molecule has 0 heterocycles. The topological polar surface area (TPSA) is 66.5 Å². The number of nitrogens with zero attached hydrogens (tertiary/aromatic N) is 1. The number of nitrogens with one attached hydrogen (secondary N) is 1. The van der Waals surface area contributed by atoms with E-state index in [0.717, 1.165) is 51.4 Å². The number of amides is 1. The number of carbonyl (C=O) groups is 1. The van der Waals surface area contributed by atoms with Gasteiger partial charge in [-0.2, -0.15) is 4.31 Å². The zero-order valence-electron chi connectivity index (χ0n) is 14.4. The van der Waals surface area contributed by atoms with Crippen LogP contribution >= 0.6 is 0 Å². The van der Waals surface area contributed by atoms with Crippen molar-refractivity contribution in [1.29, 1.82) is 0 Å². The molecule has 0 atom stereocenters. The lowest BCUT2D eigenvalue weighted by molar-refractivity contribution is -0.122. The summed E-state index contributed by atoms with van der Waals surface area (Å²) in [6.07, 6.45) is 14.4. The maximum Gasteiger partial charge on any atom is 0.235 e. The highest BCUT2D eigenvalue weighted by Gasteiger charge is 2.30. The van der Waals surface area contributed by atoms with Crippen molar-refractivity contribution in [3.63, 3.8) is 0 Å². The van der Waals surface area contributed by atoms with Crippen LogP contribution in [0.2, 0.25) is 0 Å². The lowest BCUT2D eigenvalue weighted by atomic mass is 9.95.